The van der Waals surface area contributed by atoms with Gasteiger partial charge >= 0.3 is 0 Å². The molecule has 1 unspecified atom stereocenters. The van der Waals surface area contributed by atoms with E-state index in [-0.39, 0.29) is 5.82 Å². The minimum absolute atomic E-state index is 0.372. The first-order valence-corrected chi connectivity index (χ1v) is 8.01. The zero-order valence-electron chi connectivity index (χ0n) is 11.3. The summed E-state index contributed by atoms with van der Waals surface area (Å²) in [6.07, 6.45) is 0. The van der Waals surface area contributed by atoms with Crippen molar-refractivity contribution in [1.82, 2.24) is 0 Å². The van der Waals surface area contributed by atoms with Crippen LogP contribution >= 0.6 is 43.5 Å². The molecule has 2 nitrogen and oxygen atoms in total. The van der Waals surface area contributed by atoms with Crippen LogP contribution in [0.4, 0.5) is 4.39 Å². The average Bonchev–Trinajstić information content (AvgIpc) is 2.49. The summed E-state index contributed by atoms with van der Waals surface area (Å²) in [5.74, 6) is 0.759. The van der Waals surface area contributed by atoms with E-state index in [9.17, 15) is 4.39 Å². The highest BCUT2D eigenvalue weighted by Crippen LogP contribution is 2.44. The molecule has 0 N–H and O–H groups in total. The van der Waals surface area contributed by atoms with Crippen LogP contribution in [0.2, 0.25) is 0 Å². The van der Waals surface area contributed by atoms with Gasteiger partial charge in [0, 0.05) is 11.1 Å². The quantitative estimate of drug-likeness (QED) is 0.571. The van der Waals surface area contributed by atoms with Crippen molar-refractivity contribution in [3.63, 3.8) is 0 Å². The standard InChI is InChI=1S/C15H12Br2ClFO2/c1-20-11-7-6-9(15(21-2)12(11)17)13(18)8-4-3-5-10(16)14(8)19/h3-7,13H,1-2H3. The van der Waals surface area contributed by atoms with Gasteiger partial charge in [-0.15, -0.1) is 11.6 Å². The van der Waals surface area contributed by atoms with Crippen LogP contribution in [0.5, 0.6) is 11.5 Å². The lowest BCUT2D eigenvalue weighted by atomic mass is 10.0. The van der Waals surface area contributed by atoms with Crippen molar-refractivity contribution in [1.29, 1.82) is 0 Å². The van der Waals surface area contributed by atoms with Gasteiger partial charge in [0.15, 0.2) is 0 Å². The van der Waals surface area contributed by atoms with Crippen LogP contribution in [0.1, 0.15) is 16.5 Å². The number of methoxy groups -OCH3 is 2. The third kappa shape index (κ3) is 3.20. The van der Waals surface area contributed by atoms with E-state index < -0.39 is 5.38 Å². The Labute approximate surface area is 144 Å². The lowest BCUT2D eigenvalue weighted by molar-refractivity contribution is 0.386. The summed E-state index contributed by atoms with van der Waals surface area (Å²) >= 11 is 13.0. The minimum atomic E-state index is -0.681. The molecule has 0 spiro atoms. The molecule has 0 saturated carbocycles. The zero-order chi connectivity index (χ0) is 15.6. The Bertz CT molecular complexity index is 664. The first-order valence-electron chi connectivity index (χ1n) is 5.99. The largest absolute Gasteiger partial charge is 0.495 e. The van der Waals surface area contributed by atoms with Crippen LogP contribution in [0.15, 0.2) is 39.3 Å². The average molecular weight is 439 g/mol. The molecule has 0 bridgehead atoms. The Morgan fingerprint density at radius 3 is 2.38 bits per heavy atom. The van der Waals surface area contributed by atoms with E-state index in [0.29, 0.717) is 31.6 Å². The Kier molecular flexibility index (Phi) is 5.52. The SMILES string of the molecule is COc1ccc(C(Cl)c2cccc(Br)c2F)c(OC)c1Br. The van der Waals surface area contributed by atoms with Crippen LogP contribution in [0.25, 0.3) is 0 Å². The highest BCUT2D eigenvalue weighted by Gasteiger charge is 2.23. The first-order chi connectivity index (χ1) is 10.0. The molecule has 2 rings (SSSR count). The highest BCUT2D eigenvalue weighted by molar-refractivity contribution is 9.11. The fraction of sp³-hybridized carbons (Fsp3) is 0.200. The van der Waals surface area contributed by atoms with Gasteiger partial charge < -0.3 is 9.47 Å². The fourth-order valence-corrected chi connectivity index (χ4v) is 3.41. The van der Waals surface area contributed by atoms with Gasteiger partial charge in [0.05, 0.1) is 24.1 Å². The molecule has 0 aliphatic carbocycles. The summed E-state index contributed by atoms with van der Waals surface area (Å²) in [5.41, 5.74) is 1.03. The Morgan fingerprint density at radius 1 is 1.05 bits per heavy atom. The molecule has 0 aliphatic rings. The summed E-state index contributed by atoms with van der Waals surface area (Å²) in [7, 11) is 3.09. The van der Waals surface area contributed by atoms with Crippen molar-refractivity contribution >= 4 is 43.5 Å². The maximum atomic E-state index is 14.2. The summed E-state index contributed by atoms with van der Waals surface area (Å²) in [6.45, 7) is 0. The first kappa shape index (κ1) is 16.6. The van der Waals surface area contributed by atoms with Gasteiger partial charge in [-0.25, -0.2) is 4.39 Å². The second-order valence-electron chi connectivity index (χ2n) is 4.21. The van der Waals surface area contributed by atoms with Crippen LogP contribution in [-0.2, 0) is 0 Å². The van der Waals surface area contributed by atoms with Crippen LogP contribution < -0.4 is 9.47 Å². The number of alkyl halides is 1. The van der Waals surface area contributed by atoms with Crippen molar-refractivity contribution in [2.24, 2.45) is 0 Å². The van der Waals surface area contributed by atoms with Gasteiger partial charge in [0.25, 0.3) is 0 Å². The molecule has 6 heteroatoms. The molecule has 0 radical (unpaired) electrons. The summed E-state index contributed by atoms with van der Waals surface area (Å²) < 4.78 is 25.8. The number of benzene rings is 2. The molecular formula is C15H12Br2ClFO2. The molecule has 1 atom stereocenters. The third-order valence-corrected chi connectivity index (χ3v) is 4.88. The molecule has 21 heavy (non-hydrogen) atoms. The Balaban J connectivity index is 2.56. The number of halogens is 4. The molecule has 0 heterocycles. The summed E-state index contributed by atoms with van der Waals surface area (Å²) in [4.78, 5) is 0. The topological polar surface area (TPSA) is 18.5 Å². The molecule has 0 amide bonds. The normalized spacial score (nSPS) is 12.1. The highest BCUT2D eigenvalue weighted by atomic mass is 79.9. The van der Waals surface area contributed by atoms with Crippen molar-refractivity contribution < 1.29 is 13.9 Å². The Hall–Kier alpha value is -0.780. The number of rotatable bonds is 4. The monoisotopic (exact) mass is 436 g/mol. The zero-order valence-corrected chi connectivity index (χ0v) is 15.2. The second kappa shape index (κ2) is 6.99. The van der Waals surface area contributed by atoms with Gasteiger partial charge in [0.1, 0.15) is 21.8 Å². The van der Waals surface area contributed by atoms with Gasteiger partial charge in [-0.2, -0.15) is 0 Å². The second-order valence-corrected chi connectivity index (χ2v) is 6.29. The number of ether oxygens (including phenoxy) is 2. The minimum Gasteiger partial charge on any atom is -0.495 e. The predicted octanol–water partition coefficient (Wildman–Crippen LogP) is 5.70. The molecule has 0 saturated heterocycles. The smallest absolute Gasteiger partial charge is 0.142 e. The summed E-state index contributed by atoms with van der Waals surface area (Å²) in [6, 6.07) is 8.54. The van der Waals surface area contributed by atoms with Crippen molar-refractivity contribution in [3.05, 3.63) is 56.2 Å². The van der Waals surface area contributed by atoms with E-state index >= 15 is 0 Å². The molecule has 2 aromatic carbocycles. The molecule has 112 valence electrons. The van der Waals surface area contributed by atoms with E-state index in [1.165, 1.54) is 7.11 Å². The molecule has 0 aromatic heterocycles. The molecule has 2 aromatic rings. The lowest BCUT2D eigenvalue weighted by Gasteiger charge is -2.18. The fourth-order valence-electron chi connectivity index (χ4n) is 2.00. The number of hydrogen-bond donors (Lipinski definition) is 0. The van der Waals surface area contributed by atoms with Crippen molar-refractivity contribution in [2.45, 2.75) is 5.38 Å². The lowest BCUT2D eigenvalue weighted by Crippen LogP contribution is -2.02. The predicted molar refractivity (Wildman–Crippen MR) is 89.0 cm³/mol. The van der Waals surface area contributed by atoms with Gasteiger partial charge in [0.2, 0.25) is 0 Å². The van der Waals surface area contributed by atoms with Gasteiger partial charge in [-0.1, -0.05) is 12.1 Å². The van der Waals surface area contributed by atoms with Crippen LogP contribution in [0.3, 0.4) is 0 Å². The van der Waals surface area contributed by atoms with E-state index in [1.807, 2.05) is 0 Å². The van der Waals surface area contributed by atoms with Crippen LogP contribution in [0, 0.1) is 5.82 Å². The van der Waals surface area contributed by atoms with Gasteiger partial charge in [-0.05, 0) is 50.1 Å². The van der Waals surface area contributed by atoms with E-state index in [4.69, 9.17) is 21.1 Å². The van der Waals surface area contributed by atoms with E-state index in [2.05, 4.69) is 31.9 Å². The maximum absolute atomic E-state index is 14.2. The molecule has 0 aliphatic heterocycles. The van der Waals surface area contributed by atoms with Crippen molar-refractivity contribution in [3.8, 4) is 11.5 Å². The van der Waals surface area contributed by atoms with E-state index in [0.717, 1.165) is 0 Å². The van der Waals surface area contributed by atoms with E-state index in [1.54, 1.807) is 37.4 Å². The molecule has 0 fully saturated rings. The van der Waals surface area contributed by atoms with Crippen molar-refractivity contribution in [2.75, 3.05) is 14.2 Å². The number of hydrogen-bond acceptors (Lipinski definition) is 2. The Morgan fingerprint density at radius 2 is 1.76 bits per heavy atom. The summed E-state index contributed by atoms with van der Waals surface area (Å²) in [5, 5.41) is -0.681. The van der Waals surface area contributed by atoms with Crippen LogP contribution in [-0.4, -0.2) is 14.2 Å². The molecular weight excluding hydrogens is 426 g/mol. The van der Waals surface area contributed by atoms with Gasteiger partial charge in [-0.3, -0.25) is 0 Å². The maximum Gasteiger partial charge on any atom is 0.142 e. The third-order valence-electron chi connectivity index (χ3n) is 3.04.